The average molecular weight is 372 g/mol. The summed E-state index contributed by atoms with van der Waals surface area (Å²) in [5.41, 5.74) is 1.90. The van der Waals surface area contributed by atoms with Crippen LogP contribution in [0.5, 0.6) is 11.5 Å². The van der Waals surface area contributed by atoms with Crippen molar-refractivity contribution in [2.75, 3.05) is 38.9 Å². The molecule has 0 saturated carbocycles. The van der Waals surface area contributed by atoms with Crippen LogP contribution >= 0.6 is 11.8 Å². The highest BCUT2D eigenvalue weighted by Crippen LogP contribution is 2.36. The first-order valence-corrected chi connectivity index (χ1v) is 9.79. The van der Waals surface area contributed by atoms with Crippen molar-refractivity contribution in [3.8, 4) is 11.5 Å². The highest BCUT2D eigenvalue weighted by molar-refractivity contribution is 7.98. The molecular formula is C20H24N2O3S. The number of hydrogen-bond donors (Lipinski definition) is 1. The Hall–Kier alpha value is -2.34. The van der Waals surface area contributed by atoms with Crippen LogP contribution in [-0.4, -0.2) is 44.5 Å². The highest BCUT2D eigenvalue weighted by atomic mass is 32.2. The van der Waals surface area contributed by atoms with Crippen LogP contribution in [0.25, 0.3) is 0 Å². The molecule has 1 heterocycles. The Morgan fingerprint density at radius 2 is 1.92 bits per heavy atom. The number of anilines is 1. The molecule has 0 aromatic heterocycles. The molecule has 6 heteroatoms. The molecule has 5 nitrogen and oxygen atoms in total. The number of methoxy groups -OCH3 is 2. The topological polar surface area (TPSA) is 50.8 Å². The molecule has 0 bridgehead atoms. The third kappa shape index (κ3) is 4.07. The molecule has 1 N–H and O–H groups in total. The second kappa shape index (κ2) is 8.36. The molecule has 1 atom stereocenters. The van der Waals surface area contributed by atoms with Crippen LogP contribution in [0.3, 0.4) is 0 Å². The van der Waals surface area contributed by atoms with Gasteiger partial charge < -0.3 is 19.7 Å². The third-order valence-corrected chi connectivity index (χ3v) is 5.44. The van der Waals surface area contributed by atoms with Crippen LogP contribution in [0.15, 0.2) is 47.4 Å². The zero-order valence-electron chi connectivity index (χ0n) is 15.3. The van der Waals surface area contributed by atoms with Gasteiger partial charge in [-0.15, -0.1) is 11.8 Å². The normalized spacial score (nSPS) is 16.4. The van der Waals surface area contributed by atoms with Gasteiger partial charge in [0.15, 0.2) is 0 Å². The van der Waals surface area contributed by atoms with Gasteiger partial charge in [-0.3, -0.25) is 0 Å². The van der Waals surface area contributed by atoms with E-state index in [2.05, 4.69) is 5.32 Å². The fraction of sp³-hybridized carbons (Fsp3) is 0.350. The largest absolute Gasteiger partial charge is 0.497 e. The van der Waals surface area contributed by atoms with Crippen molar-refractivity contribution in [2.45, 2.75) is 17.2 Å². The van der Waals surface area contributed by atoms with Gasteiger partial charge in [-0.25, -0.2) is 4.79 Å². The summed E-state index contributed by atoms with van der Waals surface area (Å²) in [6.45, 7) is 1.39. The number of thioether (sulfide) groups is 1. The molecule has 1 aliphatic heterocycles. The molecule has 1 fully saturated rings. The number of urea groups is 1. The summed E-state index contributed by atoms with van der Waals surface area (Å²) in [4.78, 5) is 15.6. The Labute approximate surface area is 158 Å². The molecule has 1 aliphatic rings. The van der Waals surface area contributed by atoms with Crippen molar-refractivity contribution < 1.29 is 14.3 Å². The highest BCUT2D eigenvalue weighted by Gasteiger charge is 2.29. The maximum Gasteiger partial charge on any atom is 0.321 e. The van der Waals surface area contributed by atoms with Gasteiger partial charge in [0.05, 0.1) is 14.2 Å². The van der Waals surface area contributed by atoms with E-state index >= 15 is 0 Å². The summed E-state index contributed by atoms with van der Waals surface area (Å²) < 4.78 is 10.8. The number of amides is 2. The molecule has 2 aromatic rings. The molecule has 3 rings (SSSR count). The van der Waals surface area contributed by atoms with E-state index in [0.29, 0.717) is 6.54 Å². The van der Waals surface area contributed by atoms with Crippen molar-refractivity contribution in [1.82, 2.24) is 4.90 Å². The third-order valence-electron chi connectivity index (χ3n) is 4.69. The second-order valence-electron chi connectivity index (χ2n) is 6.20. The summed E-state index contributed by atoms with van der Waals surface area (Å²) in [5, 5.41) is 2.98. The predicted molar refractivity (Wildman–Crippen MR) is 106 cm³/mol. The Bertz CT molecular complexity index is 764. The van der Waals surface area contributed by atoms with Crippen LogP contribution in [0.2, 0.25) is 0 Å². The van der Waals surface area contributed by atoms with Gasteiger partial charge in [-0.2, -0.15) is 0 Å². The number of nitrogens with zero attached hydrogens (tertiary/aromatic N) is 1. The minimum absolute atomic E-state index is 0.0636. The van der Waals surface area contributed by atoms with Crippen molar-refractivity contribution >= 4 is 23.5 Å². The van der Waals surface area contributed by atoms with Crippen molar-refractivity contribution in [3.63, 3.8) is 0 Å². The first-order valence-electron chi connectivity index (χ1n) is 8.56. The predicted octanol–water partition coefficient (Wildman–Crippen LogP) is 4.45. The maximum absolute atomic E-state index is 12.6. The molecule has 138 valence electrons. The molecule has 0 spiro atoms. The summed E-state index contributed by atoms with van der Waals surface area (Å²) in [5.74, 6) is 1.88. The summed E-state index contributed by atoms with van der Waals surface area (Å²) in [6.07, 6.45) is 2.94. The fourth-order valence-electron chi connectivity index (χ4n) is 3.23. The Morgan fingerprint density at radius 3 is 2.58 bits per heavy atom. The number of rotatable bonds is 5. The molecule has 2 amide bonds. The smallest absolute Gasteiger partial charge is 0.321 e. The van der Waals surface area contributed by atoms with E-state index in [0.717, 1.165) is 35.7 Å². The zero-order chi connectivity index (χ0) is 18.5. The van der Waals surface area contributed by atoms with Crippen molar-refractivity contribution in [1.29, 1.82) is 0 Å². The molecule has 26 heavy (non-hydrogen) atoms. The second-order valence-corrected chi connectivity index (χ2v) is 7.08. The van der Waals surface area contributed by atoms with Crippen LogP contribution in [-0.2, 0) is 0 Å². The standard InChI is InChI=1S/C20H24N2O3S/c1-24-16-6-9-19(25-2)18(12-16)14-10-11-22(13-14)20(23)21-15-4-7-17(26-3)8-5-15/h4-9,12,14H,10-11,13H2,1-3H3,(H,21,23). The van der Waals surface area contributed by atoms with Gasteiger partial charge in [0, 0.05) is 35.2 Å². The number of hydrogen-bond acceptors (Lipinski definition) is 4. The minimum atomic E-state index is -0.0636. The van der Waals surface area contributed by atoms with Crippen LogP contribution < -0.4 is 14.8 Å². The van der Waals surface area contributed by atoms with Crippen LogP contribution in [0, 0.1) is 0 Å². The SMILES string of the molecule is COc1ccc(OC)c(C2CCN(C(=O)Nc3ccc(SC)cc3)C2)c1. The van der Waals surface area contributed by atoms with Gasteiger partial charge in [0.2, 0.25) is 0 Å². The van der Waals surface area contributed by atoms with Gasteiger partial charge >= 0.3 is 6.03 Å². The van der Waals surface area contributed by atoms with E-state index in [1.165, 1.54) is 4.90 Å². The monoisotopic (exact) mass is 372 g/mol. The summed E-state index contributed by atoms with van der Waals surface area (Å²) in [7, 11) is 3.32. The number of nitrogens with one attached hydrogen (secondary N) is 1. The van der Waals surface area contributed by atoms with Crippen molar-refractivity contribution in [3.05, 3.63) is 48.0 Å². The van der Waals surface area contributed by atoms with Gasteiger partial charge in [-0.1, -0.05) is 0 Å². The number of ether oxygens (including phenoxy) is 2. The first kappa shape index (κ1) is 18.5. The number of benzene rings is 2. The lowest BCUT2D eigenvalue weighted by Gasteiger charge is -2.19. The number of likely N-dealkylation sites (tertiary alicyclic amines) is 1. The fourth-order valence-corrected chi connectivity index (χ4v) is 3.64. The zero-order valence-corrected chi connectivity index (χ0v) is 16.1. The number of carbonyl (C=O) groups is 1. The molecule has 1 saturated heterocycles. The Kier molecular flexibility index (Phi) is 5.93. The lowest BCUT2D eigenvalue weighted by Crippen LogP contribution is -2.32. The molecule has 1 unspecified atom stereocenters. The van der Waals surface area contributed by atoms with E-state index in [1.54, 1.807) is 26.0 Å². The quantitative estimate of drug-likeness (QED) is 0.788. The average Bonchev–Trinajstić information content (AvgIpc) is 3.18. The Morgan fingerprint density at radius 1 is 1.15 bits per heavy atom. The van der Waals surface area contributed by atoms with Gasteiger partial charge in [0.25, 0.3) is 0 Å². The van der Waals surface area contributed by atoms with E-state index in [4.69, 9.17) is 9.47 Å². The van der Waals surface area contributed by atoms with E-state index < -0.39 is 0 Å². The minimum Gasteiger partial charge on any atom is -0.497 e. The molecule has 2 aromatic carbocycles. The molecule has 0 aliphatic carbocycles. The molecular weight excluding hydrogens is 348 g/mol. The summed E-state index contributed by atoms with van der Waals surface area (Å²) >= 11 is 1.68. The van der Waals surface area contributed by atoms with Crippen molar-refractivity contribution in [2.24, 2.45) is 0 Å². The van der Waals surface area contributed by atoms with E-state index in [9.17, 15) is 4.79 Å². The Balaban J connectivity index is 1.67. The number of carbonyl (C=O) groups excluding carboxylic acids is 1. The lowest BCUT2D eigenvalue weighted by atomic mass is 9.97. The maximum atomic E-state index is 12.6. The molecule has 0 radical (unpaired) electrons. The first-order chi connectivity index (χ1) is 12.6. The lowest BCUT2D eigenvalue weighted by molar-refractivity contribution is 0.222. The van der Waals surface area contributed by atoms with Gasteiger partial charge in [-0.05, 0) is 55.1 Å². The summed E-state index contributed by atoms with van der Waals surface area (Å²) in [6, 6.07) is 13.6. The van der Waals surface area contributed by atoms with E-state index in [-0.39, 0.29) is 11.9 Å². The van der Waals surface area contributed by atoms with Crippen LogP contribution in [0.4, 0.5) is 10.5 Å². The van der Waals surface area contributed by atoms with Crippen LogP contribution in [0.1, 0.15) is 17.9 Å². The van der Waals surface area contributed by atoms with Gasteiger partial charge in [0.1, 0.15) is 11.5 Å². The van der Waals surface area contributed by atoms with E-state index in [1.807, 2.05) is 53.6 Å².